The Morgan fingerprint density at radius 2 is 1.95 bits per heavy atom. The molecule has 0 spiro atoms. The number of fused-ring (bicyclic) bond motifs is 1. The smallest absolute Gasteiger partial charge is 0.349 e. The van der Waals surface area contributed by atoms with Crippen LogP contribution in [-0.2, 0) is 9.59 Å². The zero-order chi connectivity index (χ0) is 15.7. The fourth-order valence-corrected chi connectivity index (χ4v) is 2.49. The van der Waals surface area contributed by atoms with Crippen molar-refractivity contribution in [2.24, 2.45) is 0 Å². The average Bonchev–Trinajstić information content (AvgIpc) is 2.50. The highest BCUT2D eigenvalue weighted by Gasteiger charge is 2.41. The number of carbonyl (C=O) groups is 3. The zero-order valence-electron chi connectivity index (χ0n) is 11.6. The third-order valence-electron chi connectivity index (χ3n) is 3.57. The van der Waals surface area contributed by atoms with Gasteiger partial charge in [0.15, 0.2) is 0 Å². The van der Waals surface area contributed by atoms with Gasteiger partial charge in [-0.1, -0.05) is 0 Å². The van der Waals surface area contributed by atoms with Gasteiger partial charge in [0.1, 0.15) is 12.4 Å². The predicted octanol–water partition coefficient (Wildman–Crippen LogP) is -1.41. The van der Waals surface area contributed by atoms with E-state index in [-0.39, 0.29) is 23.8 Å². The molecule has 0 unspecified atom stereocenters. The quantitative estimate of drug-likeness (QED) is 0.439. The number of Topliss-reactive ketones (excluding diaryl/α,β-unsaturated/α-hetero) is 1. The summed E-state index contributed by atoms with van der Waals surface area (Å²) in [4.78, 5) is 35.8. The third-order valence-corrected chi connectivity index (χ3v) is 3.57. The molecule has 0 saturated carbocycles. The highest BCUT2D eigenvalue weighted by atomic mass is 19.1. The molecule has 22 heavy (non-hydrogen) atoms. The van der Waals surface area contributed by atoms with Gasteiger partial charge in [0.05, 0.1) is 12.1 Å². The van der Waals surface area contributed by atoms with Gasteiger partial charge in [-0.05, 0) is 24.3 Å². The van der Waals surface area contributed by atoms with E-state index >= 15 is 0 Å². The maximum absolute atomic E-state index is 12.9. The second-order valence-corrected chi connectivity index (χ2v) is 5.02. The third kappa shape index (κ3) is 2.54. The van der Waals surface area contributed by atoms with E-state index in [0.29, 0.717) is 19.0 Å². The topological polar surface area (TPSA) is 90.3 Å². The van der Waals surface area contributed by atoms with Crippen LogP contribution in [0.15, 0.2) is 24.3 Å². The first-order valence-electron chi connectivity index (χ1n) is 6.81. The Hall–Kier alpha value is -2.77. The van der Waals surface area contributed by atoms with E-state index in [2.05, 4.69) is 16.0 Å². The molecule has 1 saturated heterocycles. The van der Waals surface area contributed by atoms with E-state index < -0.39 is 17.8 Å². The average molecular weight is 305 g/mol. The molecule has 0 aliphatic carbocycles. The first kappa shape index (κ1) is 14.2. The summed E-state index contributed by atoms with van der Waals surface area (Å²) in [5.74, 6) is -1.18. The van der Waals surface area contributed by atoms with Gasteiger partial charge < -0.3 is 5.32 Å². The number of halogens is 1. The lowest BCUT2D eigenvalue weighted by Crippen LogP contribution is -2.65. The van der Waals surface area contributed by atoms with Crippen molar-refractivity contribution >= 4 is 23.6 Å². The summed E-state index contributed by atoms with van der Waals surface area (Å²) < 4.78 is 14.4. The molecule has 1 aromatic rings. The van der Waals surface area contributed by atoms with Crippen LogP contribution < -0.4 is 16.0 Å². The minimum Gasteiger partial charge on any atom is -0.349 e. The highest BCUT2D eigenvalue weighted by Crippen LogP contribution is 2.05. The van der Waals surface area contributed by atoms with Gasteiger partial charge in [0, 0.05) is 6.54 Å². The number of carbonyl (C=O) groups excluding carboxylic acids is 3. The number of nitrogens with one attached hydrogen (secondary N) is 3. The summed E-state index contributed by atoms with van der Waals surface area (Å²) in [6, 6.07) is 4.18. The fourth-order valence-electron chi connectivity index (χ4n) is 2.49. The highest BCUT2D eigenvalue weighted by molar-refractivity contribution is 6.10. The molecule has 0 aromatic heterocycles. The van der Waals surface area contributed by atoms with Crippen LogP contribution in [0.2, 0.25) is 0 Å². The fraction of sp³-hybridized carbons (Fsp3) is 0.286. The molecule has 1 fully saturated rings. The van der Waals surface area contributed by atoms with Crippen molar-refractivity contribution in [3.05, 3.63) is 35.6 Å². The number of benzene rings is 1. The van der Waals surface area contributed by atoms with E-state index in [1.165, 1.54) is 28.8 Å². The van der Waals surface area contributed by atoms with Crippen LogP contribution in [-0.4, -0.2) is 53.8 Å². The summed E-state index contributed by atoms with van der Waals surface area (Å²) in [6.07, 6.45) is 0. The molecule has 114 valence electrons. The molecule has 1 aromatic carbocycles. The first-order chi connectivity index (χ1) is 10.6. The molecular weight excluding hydrogens is 291 g/mol. The van der Waals surface area contributed by atoms with Gasteiger partial charge in [0.25, 0.3) is 5.91 Å². The van der Waals surface area contributed by atoms with E-state index in [1.807, 2.05) is 0 Å². The lowest BCUT2D eigenvalue weighted by Gasteiger charge is -2.28. The van der Waals surface area contributed by atoms with Crippen LogP contribution in [0.4, 0.5) is 4.39 Å². The van der Waals surface area contributed by atoms with Gasteiger partial charge in [-0.3, -0.25) is 19.7 Å². The number of hydrogen-bond donors (Lipinski definition) is 3. The van der Waals surface area contributed by atoms with Crippen molar-refractivity contribution in [1.29, 1.82) is 0 Å². The van der Waals surface area contributed by atoms with Crippen LogP contribution in [0.3, 0.4) is 0 Å². The van der Waals surface area contributed by atoms with Crippen molar-refractivity contribution in [3.63, 3.8) is 0 Å². The number of hydrogen-bond acceptors (Lipinski definition) is 4. The first-order valence-corrected chi connectivity index (χ1v) is 6.81. The van der Waals surface area contributed by atoms with Crippen LogP contribution in [0.5, 0.6) is 0 Å². The van der Waals surface area contributed by atoms with Gasteiger partial charge in [-0.25, -0.2) is 14.3 Å². The molecule has 0 radical (unpaired) electrons. The summed E-state index contributed by atoms with van der Waals surface area (Å²) in [5.41, 5.74) is 0.283. The monoisotopic (exact) mass is 305 g/mol. The number of piperazine rings is 1. The van der Waals surface area contributed by atoms with Crippen molar-refractivity contribution < 1.29 is 23.3 Å². The van der Waals surface area contributed by atoms with Gasteiger partial charge in [-0.15, -0.1) is 0 Å². The molecule has 8 heteroatoms. The lowest BCUT2D eigenvalue weighted by atomic mass is 10.1. The lowest BCUT2D eigenvalue weighted by molar-refractivity contribution is -0.549. The van der Waals surface area contributed by atoms with E-state index in [9.17, 15) is 18.8 Å². The van der Waals surface area contributed by atoms with Crippen molar-refractivity contribution in [1.82, 2.24) is 16.0 Å². The van der Waals surface area contributed by atoms with E-state index in [4.69, 9.17) is 0 Å². The Morgan fingerprint density at radius 1 is 1.23 bits per heavy atom. The number of amides is 2. The Bertz CT molecular complexity index is 684. The van der Waals surface area contributed by atoms with Crippen LogP contribution in [0.25, 0.3) is 0 Å². The minimum atomic E-state index is -0.918. The van der Waals surface area contributed by atoms with Crippen molar-refractivity contribution in [3.8, 4) is 0 Å². The minimum absolute atomic E-state index is 0.0341. The van der Waals surface area contributed by atoms with E-state index in [0.717, 1.165) is 0 Å². The predicted molar refractivity (Wildman–Crippen MR) is 73.8 cm³/mol. The SMILES string of the molecule is O=C(NC1=[N+]2CCNC(=O)[C@@H]2C(=O)CN1)c1ccc(F)cc1. The largest absolute Gasteiger partial charge is 0.354 e. The molecule has 3 N–H and O–H groups in total. The van der Waals surface area contributed by atoms with Crippen molar-refractivity contribution in [2.45, 2.75) is 6.04 Å². The van der Waals surface area contributed by atoms with Gasteiger partial charge >= 0.3 is 11.9 Å². The molecule has 2 amide bonds. The second-order valence-electron chi connectivity index (χ2n) is 5.02. The Labute approximate surface area is 125 Å². The molecule has 2 aliphatic heterocycles. The Balaban J connectivity index is 1.85. The van der Waals surface area contributed by atoms with Crippen LogP contribution in [0.1, 0.15) is 10.4 Å². The van der Waals surface area contributed by atoms with Crippen LogP contribution in [0, 0.1) is 5.82 Å². The zero-order valence-corrected chi connectivity index (χ0v) is 11.6. The normalized spacial score (nSPS) is 20.9. The Morgan fingerprint density at radius 3 is 2.68 bits per heavy atom. The molecule has 0 bridgehead atoms. The molecule has 3 rings (SSSR count). The summed E-state index contributed by atoms with van der Waals surface area (Å²) >= 11 is 0. The second kappa shape index (κ2) is 5.55. The maximum atomic E-state index is 12.9. The van der Waals surface area contributed by atoms with Crippen molar-refractivity contribution in [2.75, 3.05) is 19.6 Å². The van der Waals surface area contributed by atoms with E-state index in [1.54, 1.807) is 0 Å². The molecular formula is C14H14FN4O3+. The summed E-state index contributed by atoms with van der Waals surface area (Å²) in [6.45, 7) is 0.766. The molecule has 1 atom stereocenters. The standard InChI is InChI=1S/C14H13FN4O3/c15-9-3-1-8(2-4-9)12(21)18-14-17-7-10(20)11-13(22)16-5-6-19(11)14/h1-4,11H,5-7H2,(H2,16,17,18,21,22)/p+1/t11-/m0/s1. The molecule has 2 aliphatic rings. The number of guanidine groups is 1. The molecule has 2 heterocycles. The number of rotatable bonds is 1. The molecule has 7 nitrogen and oxygen atoms in total. The summed E-state index contributed by atoms with van der Waals surface area (Å²) in [5, 5.41) is 8.07. The van der Waals surface area contributed by atoms with Gasteiger partial charge in [0.2, 0.25) is 11.8 Å². The van der Waals surface area contributed by atoms with Crippen LogP contribution >= 0.6 is 0 Å². The summed E-state index contributed by atoms with van der Waals surface area (Å²) in [7, 11) is 0. The number of ketones is 1. The Kier molecular flexibility index (Phi) is 3.58. The van der Waals surface area contributed by atoms with Gasteiger partial charge in [-0.2, -0.15) is 0 Å². The maximum Gasteiger partial charge on any atom is 0.354 e. The number of nitrogens with zero attached hydrogens (tertiary/aromatic N) is 1.